The van der Waals surface area contributed by atoms with Crippen LogP contribution in [0.5, 0.6) is 0 Å². The molecule has 0 fully saturated rings. The van der Waals surface area contributed by atoms with Crippen molar-refractivity contribution in [3.05, 3.63) is 27.8 Å². The first-order valence-corrected chi connectivity index (χ1v) is 7.36. The molecule has 2 aromatic rings. The molecule has 0 saturated carbocycles. The van der Waals surface area contributed by atoms with E-state index in [4.69, 9.17) is 0 Å². The Morgan fingerprint density at radius 1 is 0.850 bits per heavy atom. The second kappa shape index (κ2) is 4.18. The van der Waals surface area contributed by atoms with Crippen molar-refractivity contribution in [1.82, 2.24) is 15.0 Å². The molecule has 3 nitrogen and oxygen atoms in total. The molecule has 2 unspecified atom stereocenters. The van der Waals surface area contributed by atoms with Crippen LogP contribution in [-0.4, -0.2) is 15.0 Å². The first-order chi connectivity index (χ1) is 9.34. The predicted octanol–water partition coefficient (Wildman–Crippen LogP) is 4.13. The average molecular weight is 269 g/mol. The second-order valence-electron chi connectivity index (χ2n) is 6.31. The van der Waals surface area contributed by atoms with Crippen molar-refractivity contribution in [2.45, 2.75) is 47.5 Å². The molecule has 2 atom stereocenters. The first-order valence-electron chi connectivity index (χ1n) is 7.36. The average Bonchev–Trinajstić information content (AvgIpc) is 2.79. The quantitative estimate of drug-likeness (QED) is 0.720. The Hall–Kier alpha value is -1.64. The molecule has 0 amide bonds. The van der Waals surface area contributed by atoms with Crippen molar-refractivity contribution >= 4 is 16.6 Å². The highest BCUT2D eigenvalue weighted by Gasteiger charge is 2.31. The molecule has 0 saturated heterocycles. The predicted molar refractivity (Wildman–Crippen MR) is 83.8 cm³/mol. The molecule has 0 N–H and O–H groups in total. The molecular formula is C17H23N3. The van der Waals surface area contributed by atoms with Gasteiger partial charge in [0.15, 0.2) is 0 Å². The van der Waals surface area contributed by atoms with Crippen LogP contribution in [-0.2, 0) is 7.05 Å². The summed E-state index contributed by atoms with van der Waals surface area (Å²) in [5.74, 6) is 1.13. The lowest BCUT2D eigenvalue weighted by atomic mass is 9.71. The van der Waals surface area contributed by atoms with Crippen LogP contribution in [0.25, 0.3) is 16.6 Å². The molecule has 20 heavy (non-hydrogen) atoms. The summed E-state index contributed by atoms with van der Waals surface area (Å²) in [6.07, 6.45) is 0. The number of aryl methyl sites for hydroxylation is 2. The molecule has 0 spiro atoms. The van der Waals surface area contributed by atoms with E-state index in [9.17, 15) is 0 Å². The Morgan fingerprint density at radius 2 is 1.45 bits per heavy atom. The molecule has 106 valence electrons. The van der Waals surface area contributed by atoms with E-state index in [0.29, 0.717) is 11.8 Å². The van der Waals surface area contributed by atoms with Crippen LogP contribution in [0, 0.1) is 19.8 Å². The van der Waals surface area contributed by atoms with Gasteiger partial charge in [-0.2, -0.15) is 15.0 Å². The summed E-state index contributed by atoms with van der Waals surface area (Å²) in [5, 5.41) is 9.21. The van der Waals surface area contributed by atoms with E-state index >= 15 is 0 Å². The minimum absolute atomic E-state index is 0.541. The number of fused-ring (bicyclic) bond motifs is 3. The third-order valence-electron chi connectivity index (χ3n) is 5.40. The van der Waals surface area contributed by atoms with Gasteiger partial charge in [0.1, 0.15) is 11.0 Å². The van der Waals surface area contributed by atoms with Crippen LogP contribution >= 0.6 is 0 Å². The lowest BCUT2D eigenvalue weighted by molar-refractivity contribution is 0.549. The zero-order chi connectivity index (χ0) is 14.8. The molecular weight excluding hydrogens is 246 g/mol. The van der Waals surface area contributed by atoms with E-state index in [1.54, 1.807) is 4.80 Å². The third-order valence-corrected chi connectivity index (χ3v) is 5.40. The summed E-state index contributed by atoms with van der Waals surface area (Å²) in [5.41, 5.74) is 10.5. The summed E-state index contributed by atoms with van der Waals surface area (Å²) < 4.78 is 0. The number of allylic oxidation sites excluding steroid dienone is 2. The lowest BCUT2D eigenvalue weighted by Gasteiger charge is -2.33. The minimum Gasteiger partial charge on any atom is -0.187 e. The third kappa shape index (κ3) is 1.52. The summed E-state index contributed by atoms with van der Waals surface area (Å²) in [4.78, 5) is 1.70. The fourth-order valence-corrected chi connectivity index (χ4v) is 3.63. The van der Waals surface area contributed by atoms with E-state index in [1.165, 1.54) is 33.4 Å². The number of aromatic nitrogens is 3. The maximum Gasteiger partial charge on any atom is 0.121 e. The van der Waals surface area contributed by atoms with E-state index in [2.05, 4.69) is 51.7 Å². The van der Waals surface area contributed by atoms with Crippen molar-refractivity contribution in [1.29, 1.82) is 0 Å². The van der Waals surface area contributed by atoms with Gasteiger partial charge in [-0.1, -0.05) is 19.4 Å². The molecule has 1 aliphatic rings. The number of hydrogen-bond donors (Lipinski definition) is 0. The van der Waals surface area contributed by atoms with Crippen molar-refractivity contribution in [2.75, 3.05) is 0 Å². The largest absolute Gasteiger partial charge is 0.187 e. The van der Waals surface area contributed by atoms with Gasteiger partial charge in [-0.15, -0.1) is 0 Å². The van der Waals surface area contributed by atoms with Crippen molar-refractivity contribution in [3.8, 4) is 0 Å². The van der Waals surface area contributed by atoms with Gasteiger partial charge in [-0.05, 0) is 61.8 Å². The monoisotopic (exact) mass is 269 g/mol. The Bertz CT molecular complexity index is 749. The molecule has 1 aliphatic carbocycles. The van der Waals surface area contributed by atoms with Gasteiger partial charge in [0.05, 0.1) is 0 Å². The Morgan fingerprint density at radius 3 is 2.10 bits per heavy atom. The fraction of sp³-hybridized carbons (Fsp3) is 0.529. The van der Waals surface area contributed by atoms with E-state index in [-0.39, 0.29) is 0 Å². The first kappa shape index (κ1) is 13.3. The number of benzene rings is 1. The molecule has 1 aromatic heterocycles. The second-order valence-corrected chi connectivity index (χ2v) is 6.31. The molecule has 0 radical (unpaired) electrons. The summed E-state index contributed by atoms with van der Waals surface area (Å²) in [7, 11) is 1.90. The smallest absolute Gasteiger partial charge is 0.121 e. The lowest BCUT2D eigenvalue weighted by Crippen LogP contribution is -2.18. The Kier molecular flexibility index (Phi) is 2.79. The van der Waals surface area contributed by atoms with Gasteiger partial charge in [-0.25, -0.2) is 0 Å². The normalized spacial score (nSPS) is 22.6. The van der Waals surface area contributed by atoms with Gasteiger partial charge < -0.3 is 0 Å². The number of hydrogen-bond acceptors (Lipinski definition) is 2. The topological polar surface area (TPSA) is 30.7 Å². The summed E-state index contributed by atoms with van der Waals surface area (Å²) in [6.45, 7) is 13.6. The summed E-state index contributed by atoms with van der Waals surface area (Å²) in [6, 6.07) is 0. The molecule has 0 aliphatic heterocycles. The van der Waals surface area contributed by atoms with Gasteiger partial charge in [-0.3, -0.25) is 0 Å². The van der Waals surface area contributed by atoms with E-state index < -0.39 is 0 Å². The maximum absolute atomic E-state index is 4.64. The highest BCUT2D eigenvalue weighted by atomic mass is 15.4. The zero-order valence-electron chi connectivity index (χ0n) is 13.5. The molecule has 1 aromatic carbocycles. The van der Waals surface area contributed by atoms with Gasteiger partial charge in [0.25, 0.3) is 0 Å². The van der Waals surface area contributed by atoms with Gasteiger partial charge in [0.2, 0.25) is 0 Å². The van der Waals surface area contributed by atoms with Crippen LogP contribution in [0.3, 0.4) is 0 Å². The van der Waals surface area contributed by atoms with Crippen molar-refractivity contribution in [3.63, 3.8) is 0 Å². The Labute approximate surface area is 120 Å². The number of nitrogens with zero attached hydrogens (tertiary/aromatic N) is 3. The van der Waals surface area contributed by atoms with Crippen LogP contribution in [0.2, 0.25) is 0 Å². The van der Waals surface area contributed by atoms with E-state index in [0.717, 1.165) is 11.0 Å². The van der Waals surface area contributed by atoms with Crippen LogP contribution < -0.4 is 0 Å². The zero-order valence-corrected chi connectivity index (χ0v) is 13.5. The van der Waals surface area contributed by atoms with Crippen LogP contribution in [0.15, 0.2) is 5.57 Å². The standard InChI is InChI=1S/C17H23N3/c1-8-9(2)11(4)15-14(10(8)3)12(5)13(6)16-17(15)19-20(7)18-16/h8,10H,1-7H3. The van der Waals surface area contributed by atoms with Crippen LogP contribution in [0.1, 0.15) is 55.9 Å². The molecule has 3 heteroatoms. The fourth-order valence-electron chi connectivity index (χ4n) is 3.63. The summed E-state index contributed by atoms with van der Waals surface area (Å²) >= 11 is 0. The Balaban J connectivity index is 2.53. The van der Waals surface area contributed by atoms with Crippen molar-refractivity contribution < 1.29 is 0 Å². The van der Waals surface area contributed by atoms with Crippen LogP contribution in [0.4, 0.5) is 0 Å². The van der Waals surface area contributed by atoms with E-state index in [1.807, 2.05) is 7.05 Å². The van der Waals surface area contributed by atoms with Crippen molar-refractivity contribution in [2.24, 2.45) is 13.0 Å². The minimum atomic E-state index is 0.541. The van der Waals surface area contributed by atoms with Gasteiger partial charge in [0, 0.05) is 12.6 Å². The molecule has 3 rings (SSSR count). The molecule has 1 heterocycles. The maximum atomic E-state index is 4.64. The highest BCUT2D eigenvalue weighted by molar-refractivity contribution is 5.94. The van der Waals surface area contributed by atoms with Gasteiger partial charge >= 0.3 is 0 Å². The molecule has 0 bridgehead atoms. The number of rotatable bonds is 0. The highest BCUT2D eigenvalue weighted by Crippen LogP contribution is 2.46. The SMILES string of the molecule is CC1=C(C)C(C)C(C)c2c(C)c(C)c3nn(C)nc3c21.